The molecule has 1 N–H and O–H groups in total. The van der Waals surface area contributed by atoms with E-state index in [0.29, 0.717) is 30.5 Å². The van der Waals surface area contributed by atoms with E-state index in [-0.39, 0.29) is 5.97 Å². The van der Waals surface area contributed by atoms with Crippen molar-refractivity contribution in [3.8, 4) is 0 Å². The van der Waals surface area contributed by atoms with Gasteiger partial charge in [-0.25, -0.2) is 4.79 Å². The Morgan fingerprint density at radius 1 is 1.67 bits per heavy atom. The molecule has 82 valence electrons. The van der Waals surface area contributed by atoms with Gasteiger partial charge in [-0.3, -0.25) is 0 Å². The lowest BCUT2D eigenvalue weighted by molar-refractivity contribution is 0.0523. The maximum Gasteiger partial charge on any atom is 0.341 e. The lowest BCUT2D eigenvalue weighted by atomic mass is 10.2. The summed E-state index contributed by atoms with van der Waals surface area (Å²) in [6, 6.07) is 2.26. The molecule has 1 fully saturated rings. The molecule has 0 unspecified atom stereocenters. The largest absolute Gasteiger partial charge is 0.467 e. The van der Waals surface area contributed by atoms with Gasteiger partial charge < -0.3 is 14.5 Å². The second kappa shape index (κ2) is 4.49. The van der Waals surface area contributed by atoms with E-state index in [2.05, 4.69) is 5.32 Å². The maximum absolute atomic E-state index is 11.5. The quantitative estimate of drug-likeness (QED) is 0.750. The van der Waals surface area contributed by atoms with Crippen LogP contribution in [-0.4, -0.2) is 18.6 Å². The van der Waals surface area contributed by atoms with E-state index in [1.54, 1.807) is 13.0 Å². The van der Waals surface area contributed by atoms with Crippen LogP contribution in [0.15, 0.2) is 16.7 Å². The number of ether oxygens (including phenoxy) is 1. The Morgan fingerprint density at radius 2 is 2.47 bits per heavy atom. The predicted molar refractivity (Wildman–Crippen MR) is 54.5 cm³/mol. The van der Waals surface area contributed by atoms with Crippen molar-refractivity contribution in [2.75, 3.05) is 6.61 Å². The summed E-state index contributed by atoms with van der Waals surface area (Å²) in [5.41, 5.74) is 0.532. The van der Waals surface area contributed by atoms with Crippen LogP contribution in [-0.2, 0) is 11.3 Å². The summed E-state index contributed by atoms with van der Waals surface area (Å²) < 4.78 is 10.2. The Labute approximate surface area is 88.6 Å². The van der Waals surface area contributed by atoms with Gasteiger partial charge in [-0.2, -0.15) is 0 Å². The summed E-state index contributed by atoms with van der Waals surface area (Å²) in [5.74, 6) is 0.360. The Morgan fingerprint density at radius 3 is 3.13 bits per heavy atom. The number of furan rings is 1. The topological polar surface area (TPSA) is 51.5 Å². The molecule has 0 spiro atoms. The normalized spacial score (nSPS) is 15.3. The highest BCUT2D eigenvalue weighted by atomic mass is 16.5. The van der Waals surface area contributed by atoms with E-state index < -0.39 is 0 Å². The zero-order chi connectivity index (χ0) is 10.7. The molecule has 1 saturated carbocycles. The van der Waals surface area contributed by atoms with Gasteiger partial charge in [-0.15, -0.1) is 0 Å². The fraction of sp³-hybridized carbons (Fsp3) is 0.545. The third kappa shape index (κ3) is 2.59. The fourth-order valence-electron chi connectivity index (χ4n) is 1.39. The molecular weight excluding hydrogens is 194 g/mol. The molecule has 0 radical (unpaired) electrons. The number of hydrogen-bond donors (Lipinski definition) is 1. The molecule has 1 aromatic heterocycles. The van der Waals surface area contributed by atoms with Gasteiger partial charge in [0.2, 0.25) is 0 Å². The molecule has 0 atom stereocenters. The number of nitrogens with one attached hydrogen (secondary N) is 1. The van der Waals surface area contributed by atoms with Crippen molar-refractivity contribution in [3.63, 3.8) is 0 Å². The lowest BCUT2D eigenvalue weighted by Gasteiger charge is -2.03. The van der Waals surface area contributed by atoms with E-state index in [9.17, 15) is 4.79 Å². The average molecular weight is 209 g/mol. The lowest BCUT2D eigenvalue weighted by Crippen LogP contribution is -2.17. The van der Waals surface area contributed by atoms with Gasteiger partial charge in [-0.1, -0.05) is 0 Å². The number of esters is 1. The van der Waals surface area contributed by atoms with E-state index in [0.717, 1.165) is 0 Å². The highest BCUT2D eigenvalue weighted by Gasteiger charge is 2.22. The zero-order valence-electron chi connectivity index (χ0n) is 8.79. The van der Waals surface area contributed by atoms with Crippen molar-refractivity contribution in [2.24, 2.45) is 0 Å². The Bertz CT molecular complexity index is 341. The molecule has 0 saturated heterocycles. The third-order valence-electron chi connectivity index (χ3n) is 2.37. The molecule has 0 aromatic carbocycles. The van der Waals surface area contributed by atoms with Crippen molar-refractivity contribution in [3.05, 3.63) is 23.7 Å². The van der Waals surface area contributed by atoms with Crippen LogP contribution >= 0.6 is 0 Å². The molecule has 4 heteroatoms. The first-order chi connectivity index (χ1) is 7.31. The zero-order valence-corrected chi connectivity index (χ0v) is 8.79. The number of hydrogen-bond acceptors (Lipinski definition) is 4. The van der Waals surface area contributed by atoms with Crippen LogP contribution in [0.4, 0.5) is 0 Å². The molecule has 0 bridgehead atoms. The average Bonchev–Trinajstić information content (AvgIpc) is 2.93. The summed E-state index contributed by atoms with van der Waals surface area (Å²) >= 11 is 0. The van der Waals surface area contributed by atoms with Crippen molar-refractivity contribution in [2.45, 2.75) is 32.4 Å². The van der Waals surface area contributed by atoms with E-state index in [4.69, 9.17) is 9.15 Å². The SMILES string of the molecule is CCOC(=O)c1ccoc1CNC1CC1. The van der Waals surface area contributed by atoms with Crippen LogP contribution in [0.1, 0.15) is 35.9 Å². The van der Waals surface area contributed by atoms with Crippen LogP contribution < -0.4 is 5.32 Å². The molecular formula is C11H15NO3. The second-order valence-electron chi connectivity index (χ2n) is 3.63. The van der Waals surface area contributed by atoms with E-state index in [1.807, 2.05) is 0 Å². The van der Waals surface area contributed by atoms with Gasteiger partial charge in [0.1, 0.15) is 11.3 Å². The van der Waals surface area contributed by atoms with E-state index in [1.165, 1.54) is 19.1 Å². The summed E-state index contributed by atoms with van der Waals surface area (Å²) in [7, 11) is 0. The minimum Gasteiger partial charge on any atom is -0.467 e. The first-order valence-electron chi connectivity index (χ1n) is 5.28. The van der Waals surface area contributed by atoms with Crippen LogP contribution in [0.2, 0.25) is 0 Å². The Kier molecular flexibility index (Phi) is 3.06. The van der Waals surface area contributed by atoms with Gasteiger partial charge in [0.05, 0.1) is 19.4 Å². The third-order valence-corrected chi connectivity index (χ3v) is 2.37. The van der Waals surface area contributed by atoms with Gasteiger partial charge >= 0.3 is 5.97 Å². The van der Waals surface area contributed by atoms with Crippen LogP contribution in [0.3, 0.4) is 0 Å². The highest BCUT2D eigenvalue weighted by Crippen LogP contribution is 2.20. The van der Waals surface area contributed by atoms with Crippen molar-refractivity contribution < 1.29 is 13.9 Å². The highest BCUT2D eigenvalue weighted by molar-refractivity contribution is 5.90. The molecule has 4 nitrogen and oxygen atoms in total. The Hall–Kier alpha value is -1.29. The van der Waals surface area contributed by atoms with Crippen LogP contribution in [0.5, 0.6) is 0 Å². The summed E-state index contributed by atoms with van der Waals surface area (Å²) in [4.78, 5) is 11.5. The summed E-state index contributed by atoms with van der Waals surface area (Å²) in [6.45, 7) is 2.78. The molecule has 0 amide bonds. The van der Waals surface area contributed by atoms with Crippen molar-refractivity contribution >= 4 is 5.97 Å². The molecule has 0 aliphatic heterocycles. The molecule has 1 aliphatic rings. The van der Waals surface area contributed by atoms with Crippen LogP contribution in [0, 0.1) is 0 Å². The molecule has 15 heavy (non-hydrogen) atoms. The minimum atomic E-state index is -0.307. The van der Waals surface area contributed by atoms with Gasteiger partial charge in [-0.05, 0) is 25.8 Å². The standard InChI is InChI=1S/C11H15NO3/c1-2-14-11(13)9-5-6-15-10(9)7-12-8-3-4-8/h5-6,8,12H,2-4,7H2,1H3. The molecule has 2 rings (SSSR count). The minimum absolute atomic E-state index is 0.307. The smallest absolute Gasteiger partial charge is 0.341 e. The first-order valence-corrected chi connectivity index (χ1v) is 5.28. The number of carbonyl (C=O) groups is 1. The number of rotatable bonds is 5. The summed E-state index contributed by atoms with van der Waals surface area (Å²) in [6.07, 6.45) is 3.96. The molecule has 1 aliphatic carbocycles. The summed E-state index contributed by atoms with van der Waals surface area (Å²) in [5, 5.41) is 3.29. The van der Waals surface area contributed by atoms with Gasteiger partial charge in [0.15, 0.2) is 0 Å². The second-order valence-corrected chi connectivity index (χ2v) is 3.63. The predicted octanol–water partition coefficient (Wildman–Crippen LogP) is 1.71. The van der Waals surface area contributed by atoms with Crippen molar-refractivity contribution in [1.29, 1.82) is 0 Å². The monoisotopic (exact) mass is 209 g/mol. The first kappa shape index (κ1) is 10.2. The van der Waals surface area contributed by atoms with Gasteiger partial charge in [0, 0.05) is 6.04 Å². The fourth-order valence-corrected chi connectivity index (χ4v) is 1.39. The molecule has 1 aromatic rings. The van der Waals surface area contributed by atoms with Crippen LogP contribution in [0.25, 0.3) is 0 Å². The number of carbonyl (C=O) groups excluding carboxylic acids is 1. The van der Waals surface area contributed by atoms with Gasteiger partial charge in [0.25, 0.3) is 0 Å². The van der Waals surface area contributed by atoms with E-state index >= 15 is 0 Å². The maximum atomic E-state index is 11.5. The van der Waals surface area contributed by atoms with Crippen molar-refractivity contribution in [1.82, 2.24) is 5.32 Å². The Balaban J connectivity index is 1.96. The molecule has 1 heterocycles.